The molecule has 1 aliphatic heterocycles. The van der Waals surface area contributed by atoms with Crippen molar-refractivity contribution in [1.29, 1.82) is 0 Å². The van der Waals surface area contributed by atoms with E-state index in [0.29, 0.717) is 0 Å². The number of benzene rings is 1. The molecule has 1 atom stereocenters. The van der Waals surface area contributed by atoms with Gasteiger partial charge in [-0.3, -0.25) is 0 Å². The molecule has 2 rings (SSSR count). The number of nitrogens with one attached hydrogen (secondary N) is 1. The summed E-state index contributed by atoms with van der Waals surface area (Å²) in [6.45, 7) is 7.70. The van der Waals surface area contributed by atoms with Crippen molar-refractivity contribution in [2.24, 2.45) is 0 Å². The van der Waals surface area contributed by atoms with Crippen LogP contribution in [0, 0.1) is 13.8 Å². The molecule has 1 aliphatic rings. The second-order valence-corrected chi connectivity index (χ2v) is 5.13. The first kappa shape index (κ1) is 12.4. The number of aryl methyl sites for hydroxylation is 2. The van der Waals surface area contributed by atoms with Crippen molar-refractivity contribution in [2.45, 2.75) is 45.6 Å². The van der Waals surface area contributed by atoms with E-state index in [1.807, 2.05) is 0 Å². The molecule has 1 heterocycles. The highest BCUT2D eigenvalue weighted by Crippen LogP contribution is 2.41. The average Bonchev–Trinajstić information content (AvgIpc) is 2.77. The van der Waals surface area contributed by atoms with E-state index in [-0.39, 0.29) is 5.54 Å². The molecule has 1 aromatic rings. The summed E-state index contributed by atoms with van der Waals surface area (Å²) in [5.74, 6) is 1.04. The lowest BCUT2D eigenvalue weighted by molar-refractivity contribution is 0.340. The van der Waals surface area contributed by atoms with Crippen LogP contribution in [-0.4, -0.2) is 13.7 Å². The smallest absolute Gasteiger partial charge is 0.124 e. The van der Waals surface area contributed by atoms with Gasteiger partial charge < -0.3 is 10.1 Å². The quantitative estimate of drug-likeness (QED) is 0.865. The van der Waals surface area contributed by atoms with Gasteiger partial charge in [-0.2, -0.15) is 0 Å². The lowest BCUT2D eigenvalue weighted by atomic mass is 9.82. The van der Waals surface area contributed by atoms with Crippen molar-refractivity contribution in [3.05, 3.63) is 28.8 Å². The lowest BCUT2D eigenvalue weighted by Gasteiger charge is -2.32. The first-order chi connectivity index (χ1) is 8.13. The van der Waals surface area contributed by atoms with E-state index in [9.17, 15) is 0 Å². The highest BCUT2D eigenvalue weighted by molar-refractivity contribution is 5.48. The minimum atomic E-state index is 0.128. The van der Waals surface area contributed by atoms with Gasteiger partial charge in [0.25, 0.3) is 0 Å². The summed E-state index contributed by atoms with van der Waals surface area (Å²) >= 11 is 0. The molecular formula is C15H23NO. The van der Waals surface area contributed by atoms with Crippen LogP contribution in [0.5, 0.6) is 5.75 Å². The van der Waals surface area contributed by atoms with Crippen molar-refractivity contribution in [3.8, 4) is 5.75 Å². The maximum Gasteiger partial charge on any atom is 0.124 e. The van der Waals surface area contributed by atoms with Crippen molar-refractivity contribution in [3.63, 3.8) is 0 Å². The third kappa shape index (κ3) is 2.06. The predicted molar refractivity (Wildman–Crippen MR) is 71.7 cm³/mol. The number of hydrogen-bond donors (Lipinski definition) is 1. The second kappa shape index (κ2) is 4.69. The Morgan fingerprint density at radius 1 is 1.35 bits per heavy atom. The summed E-state index contributed by atoms with van der Waals surface area (Å²) in [7, 11) is 1.77. The van der Waals surface area contributed by atoms with E-state index in [1.165, 1.54) is 29.5 Å². The molecule has 0 aromatic heterocycles. The summed E-state index contributed by atoms with van der Waals surface area (Å²) in [6.07, 6.45) is 3.58. The molecule has 1 fully saturated rings. The summed E-state index contributed by atoms with van der Waals surface area (Å²) in [6, 6.07) is 4.41. The molecule has 1 unspecified atom stereocenters. The van der Waals surface area contributed by atoms with E-state index in [4.69, 9.17) is 4.74 Å². The molecule has 0 bridgehead atoms. The SMILES string of the molecule is CCC1(c2c(C)cc(C)cc2OC)CCCN1. The van der Waals surface area contributed by atoms with Crippen LogP contribution in [0.15, 0.2) is 12.1 Å². The van der Waals surface area contributed by atoms with Gasteiger partial charge in [-0.1, -0.05) is 13.0 Å². The first-order valence-electron chi connectivity index (χ1n) is 6.53. The molecule has 0 amide bonds. The van der Waals surface area contributed by atoms with E-state index < -0.39 is 0 Å². The Labute approximate surface area is 104 Å². The highest BCUT2D eigenvalue weighted by Gasteiger charge is 2.36. The molecule has 1 N–H and O–H groups in total. The standard InChI is InChI=1S/C15H23NO/c1-5-15(7-6-8-16-15)14-12(3)9-11(2)10-13(14)17-4/h9-10,16H,5-8H2,1-4H3. The van der Waals surface area contributed by atoms with Crippen LogP contribution in [0.1, 0.15) is 42.9 Å². The van der Waals surface area contributed by atoms with E-state index in [2.05, 4.69) is 38.2 Å². The molecule has 0 radical (unpaired) electrons. The zero-order valence-electron chi connectivity index (χ0n) is 11.4. The summed E-state index contributed by atoms with van der Waals surface area (Å²) in [5, 5.41) is 3.69. The van der Waals surface area contributed by atoms with Gasteiger partial charge in [0.1, 0.15) is 5.75 Å². The Bertz CT molecular complexity index is 406. The fraction of sp³-hybridized carbons (Fsp3) is 0.600. The molecular weight excluding hydrogens is 210 g/mol. The zero-order valence-corrected chi connectivity index (χ0v) is 11.4. The molecule has 1 aromatic carbocycles. The Kier molecular flexibility index (Phi) is 3.43. The third-order valence-corrected chi connectivity index (χ3v) is 3.99. The predicted octanol–water partition coefficient (Wildman–Crippen LogP) is 3.30. The van der Waals surface area contributed by atoms with Gasteiger partial charge in [-0.05, 0) is 56.8 Å². The van der Waals surface area contributed by atoms with Crippen molar-refractivity contribution >= 4 is 0 Å². The van der Waals surface area contributed by atoms with Crippen LogP contribution in [0.4, 0.5) is 0 Å². The largest absolute Gasteiger partial charge is 0.496 e. The number of methoxy groups -OCH3 is 1. The highest BCUT2D eigenvalue weighted by atomic mass is 16.5. The molecule has 0 saturated carbocycles. The summed E-state index contributed by atoms with van der Waals surface area (Å²) in [5.41, 5.74) is 4.11. The van der Waals surface area contributed by atoms with Crippen LogP contribution in [0.25, 0.3) is 0 Å². The van der Waals surface area contributed by atoms with Crippen molar-refractivity contribution in [2.75, 3.05) is 13.7 Å². The lowest BCUT2D eigenvalue weighted by Crippen LogP contribution is -2.37. The summed E-state index contributed by atoms with van der Waals surface area (Å²) < 4.78 is 5.61. The number of hydrogen-bond acceptors (Lipinski definition) is 2. The Balaban J connectivity index is 2.56. The Hall–Kier alpha value is -1.02. The minimum absolute atomic E-state index is 0.128. The number of rotatable bonds is 3. The normalized spacial score (nSPS) is 24.0. The third-order valence-electron chi connectivity index (χ3n) is 3.99. The fourth-order valence-corrected chi connectivity index (χ4v) is 3.20. The van der Waals surface area contributed by atoms with Gasteiger partial charge >= 0.3 is 0 Å². The van der Waals surface area contributed by atoms with Crippen LogP contribution >= 0.6 is 0 Å². The van der Waals surface area contributed by atoms with Crippen LogP contribution in [0.3, 0.4) is 0 Å². The van der Waals surface area contributed by atoms with Gasteiger partial charge in [0.15, 0.2) is 0 Å². The summed E-state index contributed by atoms with van der Waals surface area (Å²) in [4.78, 5) is 0. The van der Waals surface area contributed by atoms with Crippen LogP contribution < -0.4 is 10.1 Å². The van der Waals surface area contributed by atoms with E-state index in [1.54, 1.807) is 7.11 Å². The molecule has 0 aliphatic carbocycles. The van der Waals surface area contributed by atoms with Crippen molar-refractivity contribution in [1.82, 2.24) is 5.32 Å². The van der Waals surface area contributed by atoms with Gasteiger partial charge in [0, 0.05) is 11.1 Å². The average molecular weight is 233 g/mol. The molecule has 1 saturated heterocycles. The van der Waals surface area contributed by atoms with Gasteiger partial charge in [0.2, 0.25) is 0 Å². The van der Waals surface area contributed by atoms with Gasteiger partial charge in [-0.25, -0.2) is 0 Å². The van der Waals surface area contributed by atoms with Crippen LogP contribution in [-0.2, 0) is 5.54 Å². The van der Waals surface area contributed by atoms with Gasteiger partial charge in [-0.15, -0.1) is 0 Å². The van der Waals surface area contributed by atoms with Crippen LogP contribution in [0.2, 0.25) is 0 Å². The van der Waals surface area contributed by atoms with Crippen molar-refractivity contribution < 1.29 is 4.74 Å². The van der Waals surface area contributed by atoms with Gasteiger partial charge in [0.05, 0.1) is 7.11 Å². The first-order valence-corrected chi connectivity index (χ1v) is 6.53. The van der Waals surface area contributed by atoms with E-state index >= 15 is 0 Å². The monoisotopic (exact) mass is 233 g/mol. The molecule has 0 spiro atoms. The molecule has 94 valence electrons. The Morgan fingerprint density at radius 2 is 2.12 bits per heavy atom. The Morgan fingerprint density at radius 3 is 2.65 bits per heavy atom. The fourth-order valence-electron chi connectivity index (χ4n) is 3.20. The maximum absolute atomic E-state index is 5.61. The topological polar surface area (TPSA) is 21.3 Å². The molecule has 2 heteroatoms. The second-order valence-electron chi connectivity index (χ2n) is 5.13. The maximum atomic E-state index is 5.61. The molecule has 17 heavy (non-hydrogen) atoms. The molecule has 2 nitrogen and oxygen atoms in total. The number of ether oxygens (including phenoxy) is 1. The minimum Gasteiger partial charge on any atom is -0.496 e. The zero-order chi connectivity index (χ0) is 12.5. The van der Waals surface area contributed by atoms with E-state index in [0.717, 1.165) is 18.7 Å².